The summed E-state index contributed by atoms with van der Waals surface area (Å²) in [4.78, 5) is 33.1. The van der Waals surface area contributed by atoms with Crippen LogP contribution in [0.25, 0.3) is 0 Å². The fourth-order valence-corrected chi connectivity index (χ4v) is 0.931. The number of esters is 2. The maximum atomic E-state index is 11.3. The molecule has 17 heavy (non-hydrogen) atoms. The molecule has 0 saturated carbocycles. The molecule has 0 rings (SSSR count). The van der Waals surface area contributed by atoms with Gasteiger partial charge < -0.3 is 21.9 Å². The van der Waals surface area contributed by atoms with Crippen molar-refractivity contribution >= 4 is 17.8 Å². The fourth-order valence-electron chi connectivity index (χ4n) is 0.931. The number of carbonyl (C=O) groups excluding carboxylic acids is 3. The van der Waals surface area contributed by atoms with E-state index in [-0.39, 0.29) is 18.8 Å². The van der Waals surface area contributed by atoms with Crippen molar-refractivity contribution in [1.29, 1.82) is 0 Å². The molecule has 0 aromatic heterocycles. The summed E-state index contributed by atoms with van der Waals surface area (Å²) in [5.74, 6) is -2.43. The molecule has 2 atom stereocenters. The zero-order valence-corrected chi connectivity index (χ0v) is 10.0. The molecular weight excluding hydrogens is 226 g/mol. The van der Waals surface area contributed by atoms with Crippen LogP contribution in [0, 0.1) is 5.92 Å². The molecule has 0 fully saturated rings. The Labute approximate surface area is 99.6 Å². The molecule has 1 amide bonds. The fraction of sp³-hybridized carbons (Fsp3) is 0.700. The zero-order valence-electron chi connectivity index (χ0n) is 10.0. The first-order valence-corrected chi connectivity index (χ1v) is 5.30. The number of hydrogen-bond donors (Lipinski definition) is 3. The first kappa shape index (κ1) is 15.5. The van der Waals surface area contributed by atoms with Gasteiger partial charge in [-0.05, 0) is 12.3 Å². The monoisotopic (exact) mass is 245 g/mol. The van der Waals surface area contributed by atoms with E-state index in [1.807, 2.05) is 0 Å². The summed E-state index contributed by atoms with van der Waals surface area (Å²) in [5.41, 5.74) is 15.8. The van der Waals surface area contributed by atoms with Crippen molar-refractivity contribution in [2.45, 2.75) is 38.8 Å². The number of primary amides is 1. The van der Waals surface area contributed by atoms with Crippen LogP contribution >= 0.6 is 0 Å². The van der Waals surface area contributed by atoms with Crippen molar-refractivity contribution in [2.24, 2.45) is 23.1 Å². The Hall–Kier alpha value is -1.47. The van der Waals surface area contributed by atoms with Crippen molar-refractivity contribution in [3.8, 4) is 0 Å². The van der Waals surface area contributed by atoms with Crippen LogP contribution in [0.15, 0.2) is 0 Å². The third-order valence-electron chi connectivity index (χ3n) is 2.20. The molecule has 0 spiro atoms. The van der Waals surface area contributed by atoms with Crippen LogP contribution in [0.4, 0.5) is 0 Å². The Kier molecular flexibility index (Phi) is 6.37. The molecule has 6 N–H and O–H groups in total. The zero-order chi connectivity index (χ0) is 13.6. The summed E-state index contributed by atoms with van der Waals surface area (Å²) in [5, 5.41) is 0. The lowest BCUT2D eigenvalue weighted by Gasteiger charge is -2.15. The topological polar surface area (TPSA) is 138 Å². The molecule has 0 aliphatic rings. The molecule has 0 aliphatic heterocycles. The van der Waals surface area contributed by atoms with Crippen molar-refractivity contribution in [3.63, 3.8) is 0 Å². The third-order valence-corrected chi connectivity index (χ3v) is 2.20. The van der Waals surface area contributed by atoms with Gasteiger partial charge in [-0.3, -0.25) is 4.79 Å². The van der Waals surface area contributed by atoms with Gasteiger partial charge in [0.15, 0.2) is 0 Å². The van der Waals surface area contributed by atoms with E-state index in [1.165, 1.54) is 0 Å². The Bertz CT molecular complexity index is 304. The summed E-state index contributed by atoms with van der Waals surface area (Å²) in [6, 6.07) is -1.92. The summed E-state index contributed by atoms with van der Waals surface area (Å²) >= 11 is 0. The Morgan fingerprint density at radius 1 is 1.12 bits per heavy atom. The number of rotatable bonds is 6. The van der Waals surface area contributed by atoms with Gasteiger partial charge in [-0.1, -0.05) is 13.8 Å². The molecule has 0 saturated heterocycles. The van der Waals surface area contributed by atoms with E-state index in [1.54, 1.807) is 13.8 Å². The van der Waals surface area contributed by atoms with Gasteiger partial charge in [0.25, 0.3) is 0 Å². The van der Waals surface area contributed by atoms with Crippen molar-refractivity contribution in [2.75, 3.05) is 0 Å². The van der Waals surface area contributed by atoms with E-state index in [0.717, 1.165) is 0 Å². The van der Waals surface area contributed by atoms with Crippen LogP contribution in [-0.2, 0) is 19.1 Å². The molecule has 0 aromatic carbocycles. The molecule has 7 nitrogen and oxygen atoms in total. The molecule has 0 aromatic rings. The first-order chi connectivity index (χ1) is 7.75. The Balaban J connectivity index is 4.16. The van der Waals surface area contributed by atoms with Crippen LogP contribution < -0.4 is 17.2 Å². The highest BCUT2D eigenvalue weighted by molar-refractivity contribution is 5.91. The maximum absolute atomic E-state index is 11.3. The molecule has 0 aliphatic carbocycles. The number of amides is 1. The van der Waals surface area contributed by atoms with Gasteiger partial charge in [0.2, 0.25) is 5.91 Å². The molecule has 0 unspecified atom stereocenters. The van der Waals surface area contributed by atoms with E-state index < -0.39 is 29.9 Å². The lowest BCUT2D eigenvalue weighted by Crippen LogP contribution is -2.42. The predicted molar refractivity (Wildman–Crippen MR) is 60.3 cm³/mol. The quantitative estimate of drug-likeness (QED) is 0.390. The van der Waals surface area contributed by atoms with E-state index in [9.17, 15) is 14.4 Å². The van der Waals surface area contributed by atoms with Crippen LogP contribution in [0.3, 0.4) is 0 Å². The normalized spacial score (nSPS) is 14.2. The van der Waals surface area contributed by atoms with Gasteiger partial charge in [-0.2, -0.15) is 0 Å². The maximum Gasteiger partial charge on any atom is 0.330 e. The lowest BCUT2D eigenvalue weighted by molar-refractivity contribution is -0.162. The summed E-state index contributed by atoms with van der Waals surface area (Å²) in [7, 11) is 0. The van der Waals surface area contributed by atoms with Crippen LogP contribution in [0.2, 0.25) is 0 Å². The predicted octanol–water partition coefficient (Wildman–Crippen LogP) is -1.37. The molecule has 7 heteroatoms. The van der Waals surface area contributed by atoms with E-state index >= 15 is 0 Å². The second-order valence-corrected chi connectivity index (χ2v) is 4.12. The number of hydrogen-bond acceptors (Lipinski definition) is 6. The van der Waals surface area contributed by atoms with Crippen LogP contribution in [-0.4, -0.2) is 29.9 Å². The molecular formula is C10H19N3O4. The third kappa shape index (κ3) is 5.98. The lowest BCUT2D eigenvalue weighted by atomic mass is 10.1. The van der Waals surface area contributed by atoms with Gasteiger partial charge in [0, 0.05) is 6.42 Å². The Morgan fingerprint density at radius 2 is 1.65 bits per heavy atom. The highest BCUT2D eigenvalue weighted by Crippen LogP contribution is 2.03. The smallest absolute Gasteiger partial charge is 0.330 e. The van der Waals surface area contributed by atoms with Crippen molar-refractivity contribution in [3.05, 3.63) is 0 Å². The minimum absolute atomic E-state index is 0.0400. The summed E-state index contributed by atoms with van der Waals surface area (Å²) < 4.78 is 4.49. The minimum atomic E-state index is -1.05. The standard InChI is InChI=1S/C10H19N3O4/c1-5(2)8(13)10(16)17-9(15)6(11)3-4-7(12)14/h5-6,8H,3-4,11,13H2,1-2H3,(H2,12,14)/t6-,8-/m0/s1. The SMILES string of the molecule is CC(C)[C@H](N)C(=O)OC(=O)[C@@H](N)CCC(N)=O. The van der Waals surface area contributed by atoms with E-state index in [4.69, 9.17) is 17.2 Å². The molecule has 0 radical (unpaired) electrons. The van der Waals surface area contributed by atoms with Gasteiger partial charge >= 0.3 is 11.9 Å². The first-order valence-electron chi connectivity index (χ1n) is 5.30. The second-order valence-electron chi connectivity index (χ2n) is 4.12. The number of carbonyl (C=O) groups is 3. The van der Waals surface area contributed by atoms with E-state index in [0.29, 0.717) is 0 Å². The van der Waals surface area contributed by atoms with Crippen LogP contribution in [0.1, 0.15) is 26.7 Å². The second kappa shape index (κ2) is 6.97. The van der Waals surface area contributed by atoms with Crippen LogP contribution in [0.5, 0.6) is 0 Å². The summed E-state index contributed by atoms with van der Waals surface area (Å²) in [6.07, 6.45) is -0.000938. The Morgan fingerprint density at radius 3 is 2.06 bits per heavy atom. The van der Waals surface area contributed by atoms with E-state index in [2.05, 4.69) is 4.74 Å². The number of nitrogens with two attached hydrogens (primary N) is 3. The van der Waals surface area contributed by atoms with Gasteiger partial charge in [0.05, 0.1) is 0 Å². The average molecular weight is 245 g/mol. The van der Waals surface area contributed by atoms with Crippen molar-refractivity contribution in [1.82, 2.24) is 0 Å². The van der Waals surface area contributed by atoms with Gasteiger partial charge in [-0.25, -0.2) is 9.59 Å². The average Bonchev–Trinajstić information content (AvgIpc) is 2.24. The highest BCUT2D eigenvalue weighted by atomic mass is 16.6. The minimum Gasteiger partial charge on any atom is -0.391 e. The molecule has 98 valence electrons. The molecule has 0 heterocycles. The highest BCUT2D eigenvalue weighted by Gasteiger charge is 2.25. The van der Waals surface area contributed by atoms with Gasteiger partial charge in [0.1, 0.15) is 12.1 Å². The number of ether oxygens (including phenoxy) is 1. The largest absolute Gasteiger partial charge is 0.391 e. The summed E-state index contributed by atoms with van der Waals surface area (Å²) in [6.45, 7) is 3.45. The van der Waals surface area contributed by atoms with Gasteiger partial charge in [-0.15, -0.1) is 0 Å². The van der Waals surface area contributed by atoms with Crippen molar-refractivity contribution < 1.29 is 19.1 Å². The molecule has 0 bridgehead atoms.